The molecule has 2 atom stereocenters. The van der Waals surface area contributed by atoms with Crippen molar-refractivity contribution in [2.45, 2.75) is 112 Å². The van der Waals surface area contributed by atoms with E-state index in [-0.39, 0.29) is 52.4 Å². The molecule has 4 aromatic rings. The number of hydrogen-bond acceptors (Lipinski definition) is 6. The maximum atomic E-state index is 8.56. The Labute approximate surface area is 285 Å². The van der Waals surface area contributed by atoms with Crippen molar-refractivity contribution >= 4 is 0 Å². The molecule has 0 bridgehead atoms. The van der Waals surface area contributed by atoms with Crippen molar-refractivity contribution in [1.29, 1.82) is 0 Å². The van der Waals surface area contributed by atoms with Crippen LogP contribution in [0.3, 0.4) is 0 Å². The first kappa shape index (κ1) is 40.9. The number of nitrogens with zero attached hydrogens (tertiary/aromatic N) is 6. The summed E-state index contributed by atoms with van der Waals surface area (Å²) in [5.41, 5.74) is 2.17. The van der Waals surface area contributed by atoms with Crippen molar-refractivity contribution in [3.63, 3.8) is 0 Å². The Bertz CT molecular complexity index is 1140. The first-order valence-corrected chi connectivity index (χ1v) is 15.1. The van der Waals surface area contributed by atoms with Crippen LogP contribution in [0.1, 0.15) is 85.3 Å². The van der Waals surface area contributed by atoms with E-state index in [0.29, 0.717) is 6.42 Å². The van der Waals surface area contributed by atoms with Gasteiger partial charge in [0.1, 0.15) is 11.6 Å². The molecule has 2 unspecified atom stereocenters. The molecule has 0 saturated heterocycles. The molecule has 0 amide bonds. The minimum atomic E-state index is -0.375. The molecule has 2 heterocycles. The zero-order chi connectivity index (χ0) is 30.0. The van der Waals surface area contributed by atoms with Crippen LogP contribution in [-0.2, 0) is 66.1 Å². The third kappa shape index (κ3) is 14.1. The van der Waals surface area contributed by atoms with E-state index in [1.165, 1.54) is 0 Å². The summed E-state index contributed by atoms with van der Waals surface area (Å²) in [6.07, 6.45) is 6.11. The molecule has 0 saturated carbocycles. The molecule has 0 aliphatic heterocycles. The van der Waals surface area contributed by atoms with Gasteiger partial charge in [-0.05, 0) is 46.0 Å². The largest absolute Gasteiger partial charge is 0.393 e. The van der Waals surface area contributed by atoms with E-state index in [2.05, 4.69) is 75.4 Å². The van der Waals surface area contributed by atoms with Gasteiger partial charge < -0.3 is 19.3 Å². The van der Waals surface area contributed by atoms with Crippen LogP contribution < -0.4 is 0 Å². The van der Waals surface area contributed by atoms with E-state index in [9.17, 15) is 0 Å². The number of aliphatic hydroxyl groups is 2. The van der Waals surface area contributed by atoms with Gasteiger partial charge in [0, 0.05) is 71.7 Å². The van der Waals surface area contributed by atoms with Crippen molar-refractivity contribution in [1.82, 2.24) is 29.5 Å². The van der Waals surface area contributed by atoms with Crippen LogP contribution in [0.15, 0.2) is 54.6 Å². The van der Waals surface area contributed by atoms with Crippen molar-refractivity contribution < 1.29 is 50.4 Å². The van der Waals surface area contributed by atoms with Crippen LogP contribution in [0.4, 0.5) is 0 Å². The van der Waals surface area contributed by atoms with E-state index in [4.69, 9.17) is 10.2 Å². The van der Waals surface area contributed by atoms with E-state index in [0.717, 1.165) is 86.0 Å². The number of benzene rings is 2. The summed E-state index contributed by atoms with van der Waals surface area (Å²) in [6, 6.07) is 21.4. The fourth-order valence-electron chi connectivity index (χ4n) is 4.43. The van der Waals surface area contributed by atoms with Gasteiger partial charge >= 0.3 is 0 Å². The van der Waals surface area contributed by atoms with Crippen LogP contribution in [0.5, 0.6) is 0 Å². The standard InChI is InChI=1S/C14H19N3.C14H18N3.C5H12O2.2Ir/c2*1-3-8-13-15-16-14(17(13)11-4-2)12-9-6-5-7-10-12;1-4(6)3-5(2)7;;/h5-7,9-10H,3-4,8,11H2,1-2H3;5-7,9H,3-4,8,11H2,1-2H3;4-7H,3H2,1-2H3;;/q;-1;;;. The Balaban J connectivity index is 0.000000652. The third-order valence-electron chi connectivity index (χ3n) is 6.16. The van der Waals surface area contributed by atoms with E-state index in [1.807, 2.05) is 42.5 Å². The summed E-state index contributed by atoms with van der Waals surface area (Å²) in [5, 5.41) is 34.4. The normalized spacial score (nSPS) is 11.5. The summed E-state index contributed by atoms with van der Waals surface area (Å²) in [5.74, 6) is 4.13. The molecule has 2 radical (unpaired) electrons. The first-order chi connectivity index (χ1) is 19.9. The van der Waals surface area contributed by atoms with Gasteiger partial charge in [-0.15, -0.1) is 51.2 Å². The quantitative estimate of drug-likeness (QED) is 0.157. The van der Waals surface area contributed by atoms with E-state index in [1.54, 1.807) is 13.8 Å². The third-order valence-corrected chi connectivity index (χ3v) is 6.16. The summed E-state index contributed by atoms with van der Waals surface area (Å²) >= 11 is 0. The zero-order valence-electron chi connectivity index (χ0n) is 26.5. The van der Waals surface area contributed by atoms with Crippen LogP contribution in [-0.4, -0.2) is 51.9 Å². The second-order valence-electron chi connectivity index (χ2n) is 10.3. The molecule has 0 fully saturated rings. The van der Waals surface area contributed by atoms with Crippen molar-refractivity contribution in [3.8, 4) is 22.8 Å². The molecule has 8 nitrogen and oxygen atoms in total. The maximum absolute atomic E-state index is 8.56. The molecule has 43 heavy (non-hydrogen) atoms. The van der Waals surface area contributed by atoms with Gasteiger partial charge in [0.25, 0.3) is 0 Å². The molecule has 10 heteroatoms. The smallest absolute Gasteiger partial charge is 0.163 e. The molecule has 2 N–H and O–H groups in total. The Morgan fingerprint density at radius 1 is 0.651 bits per heavy atom. The van der Waals surface area contributed by atoms with Crippen LogP contribution in [0.25, 0.3) is 22.8 Å². The van der Waals surface area contributed by atoms with Crippen LogP contribution in [0, 0.1) is 6.07 Å². The van der Waals surface area contributed by atoms with Gasteiger partial charge in [0.2, 0.25) is 0 Å². The first-order valence-electron chi connectivity index (χ1n) is 15.1. The minimum Gasteiger partial charge on any atom is -0.393 e. The average molecular weight is 946 g/mol. The second kappa shape index (κ2) is 23.3. The van der Waals surface area contributed by atoms with Crippen LogP contribution in [0.2, 0.25) is 0 Å². The molecule has 0 spiro atoms. The molecular formula is C33H49Ir2N6O2-. The molecular weight excluding hydrogens is 897 g/mol. The Kier molecular flexibility index (Phi) is 22.2. The van der Waals surface area contributed by atoms with E-state index < -0.39 is 0 Å². The van der Waals surface area contributed by atoms with Gasteiger partial charge in [0.15, 0.2) is 5.82 Å². The molecule has 2 aromatic carbocycles. The molecule has 242 valence electrons. The van der Waals surface area contributed by atoms with Crippen molar-refractivity contribution in [3.05, 3.63) is 72.3 Å². The molecule has 0 aliphatic carbocycles. The minimum absolute atomic E-state index is 0. The van der Waals surface area contributed by atoms with Gasteiger partial charge in [0.05, 0.1) is 18.0 Å². The van der Waals surface area contributed by atoms with Gasteiger partial charge in [-0.3, -0.25) is 0 Å². The van der Waals surface area contributed by atoms with Gasteiger partial charge in [-0.1, -0.05) is 58.0 Å². The predicted molar refractivity (Wildman–Crippen MR) is 166 cm³/mol. The fourth-order valence-corrected chi connectivity index (χ4v) is 4.43. The number of aliphatic hydroxyl groups excluding tert-OH is 2. The van der Waals surface area contributed by atoms with E-state index >= 15 is 0 Å². The zero-order valence-corrected chi connectivity index (χ0v) is 31.2. The SMILES string of the molecule is CC(O)CC(C)O.CCCc1nnc(-c2[c-]cccc2)n1CCC.CCCc1nnc(-c2ccccc2)n1CCC.[Ir].[Ir]. The Morgan fingerprint density at radius 2 is 1.14 bits per heavy atom. The summed E-state index contributed by atoms with van der Waals surface area (Å²) in [6.45, 7) is 14.0. The summed E-state index contributed by atoms with van der Waals surface area (Å²) in [4.78, 5) is 0. The number of aromatic nitrogens is 6. The Morgan fingerprint density at radius 3 is 1.56 bits per heavy atom. The van der Waals surface area contributed by atoms with Gasteiger partial charge in [-0.25, -0.2) is 0 Å². The Hall–Kier alpha value is -2.06. The maximum Gasteiger partial charge on any atom is 0.163 e. The van der Waals surface area contributed by atoms with Crippen LogP contribution >= 0.6 is 0 Å². The number of hydrogen-bond donors (Lipinski definition) is 2. The van der Waals surface area contributed by atoms with Gasteiger partial charge in [-0.2, -0.15) is 5.10 Å². The number of aryl methyl sites for hydroxylation is 2. The topological polar surface area (TPSA) is 102 Å². The molecule has 4 rings (SSSR count). The van der Waals surface area contributed by atoms with Crippen molar-refractivity contribution in [2.75, 3.05) is 0 Å². The number of rotatable bonds is 12. The summed E-state index contributed by atoms with van der Waals surface area (Å²) in [7, 11) is 0. The summed E-state index contributed by atoms with van der Waals surface area (Å²) < 4.78 is 4.47. The predicted octanol–water partition coefficient (Wildman–Crippen LogP) is 6.55. The van der Waals surface area contributed by atoms with Crippen molar-refractivity contribution in [2.24, 2.45) is 0 Å². The molecule has 0 aliphatic rings. The monoisotopic (exact) mass is 947 g/mol. The fraction of sp³-hybridized carbons (Fsp3) is 0.515. The average Bonchev–Trinajstić information content (AvgIpc) is 3.54. The molecule has 2 aromatic heterocycles. The second-order valence-corrected chi connectivity index (χ2v) is 10.3.